The normalized spacial score (nSPS) is 16.0. The highest BCUT2D eigenvalue weighted by Gasteiger charge is 2.46. The molecule has 4 aromatic rings. The van der Waals surface area contributed by atoms with Crippen molar-refractivity contribution in [2.45, 2.75) is 33.0 Å². The van der Waals surface area contributed by atoms with E-state index < -0.39 is 17.7 Å². The lowest BCUT2D eigenvalue weighted by atomic mass is 9.94. The van der Waals surface area contributed by atoms with Gasteiger partial charge in [-0.05, 0) is 78.6 Å². The minimum Gasteiger partial charge on any atom is -0.507 e. The molecule has 42 heavy (non-hydrogen) atoms. The summed E-state index contributed by atoms with van der Waals surface area (Å²) in [6.45, 7) is 4.80. The molecule has 5 rings (SSSR count). The number of likely N-dealkylation sites (tertiary alicyclic amines) is 1. The fourth-order valence-corrected chi connectivity index (χ4v) is 5.11. The Bertz CT molecular complexity index is 1610. The fourth-order valence-electron chi connectivity index (χ4n) is 5.11. The Kier molecular flexibility index (Phi) is 8.58. The molecule has 214 valence electrons. The number of ketones is 1. The van der Waals surface area contributed by atoms with Gasteiger partial charge in [-0.15, -0.1) is 0 Å². The van der Waals surface area contributed by atoms with Gasteiger partial charge in [-0.3, -0.25) is 9.59 Å². The zero-order valence-electron chi connectivity index (χ0n) is 23.9. The molecule has 1 heterocycles. The van der Waals surface area contributed by atoms with Crippen LogP contribution in [-0.4, -0.2) is 35.4 Å². The summed E-state index contributed by atoms with van der Waals surface area (Å²) < 4.78 is 17.0. The van der Waals surface area contributed by atoms with Crippen LogP contribution >= 0.6 is 0 Å². The summed E-state index contributed by atoms with van der Waals surface area (Å²) >= 11 is 0. The van der Waals surface area contributed by atoms with Crippen molar-refractivity contribution in [2.75, 3.05) is 13.7 Å². The van der Waals surface area contributed by atoms with Gasteiger partial charge in [-0.1, -0.05) is 54.6 Å². The molecule has 0 aliphatic carbocycles. The minimum absolute atomic E-state index is 0.0273. The maximum absolute atomic E-state index is 13.5. The highest BCUT2D eigenvalue weighted by molar-refractivity contribution is 6.46. The van der Waals surface area contributed by atoms with E-state index in [1.54, 1.807) is 43.5 Å². The molecule has 1 unspecified atom stereocenters. The van der Waals surface area contributed by atoms with Gasteiger partial charge in [0.2, 0.25) is 0 Å². The number of methoxy groups -OCH3 is 1. The summed E-state index contributed by atoms with van der Waals surface area (Å²) in [6, 6.07) is 28.8. The largest absolute Gasteiger partial charge is 0.507 e. The van der Waals surface area contributed by atoms with Gasteiger partial charge in [-0.2, -0.15) is 0 Å². The summed E-state index contributed by atoms with van der Waals surface area (Å²) in [6.07, 6.45) is 0. The van der Waals surface area contributed by atoms with Crippen LogP contribution in [0.15, 0.2) is 103 Å². The first-order chi connectivity index (χ1) is 20.4. The topological polar surface area (TPSA) is 85.3 Å². The van der Waals surface area contributed by atoms with E-state index in [9.17, 15) is 14.7 Å². The van der Waals surface area contributed by atoms with Crippen LogP contribution < -0.4 is 14.2 Å². The Labute approximate surface area is 245 Å². The first-order valence-electron chi connectivity index (χ1n) is 13.8. The van der Waals surface area contributed by atoms with Crippen LogP contribution in [0.25, 0.3) is 5.76 Å². The number of Topliss-reactive ketones (excluding diaryl/α,β-unsaturated/α-hetero) is 1. The lowest BCUT2D eigenvalue weighted by molar-refractivity contribution is -0.140. The number of aryl methyl sites for hydroxylation is 1. The van der Waals surface area contributed by atoms with Gasteiger partial charge < -0.3 is 24.2 Å². The van der Waals surface area contributed by atoms with E-state index in [-0.39, 0.29) is 17.9 Å². The van der Waals surface area contributed by atoms with E-state index >= 15 is 0 Å². The third-order valence-corrected chi connectivity index (χ3v) is 7.22. The predicted octanol–water partition coefficient (Wildman–Crippen LogP) is 6.60. The van der Waals surface area contributed by atoms with Gasteiger partial charge >= 0.3 is 0 Å². The molecule has 1 aliphatic heterocycles. The van der Waals surface area contributed by atoms with E-state index in [0.717, 1.165) is 16.7 Å². The lowest BCUT2D eigenvalue weighted by Gasteiger charge is -2.26. The van der Waals surface area contributed by atoms with Crippen molar-refractivity contribution in [3.8, 4) is 17.2 Å². The molecule has 1 saturated heterocycles. The molecule has 7 nitrogen and oxygen atoms in total. The number of hydrogen-bond donors (Lipinski definition) is 1. The summed E-state index contributed by atoms with van der Waals surface area (Å²) in [4.78, 5) is 28.5. The molecule has 0 aromatic heterocycles. The van der Waals surface area contributed by atoms with Gasteiger partial charge in [0.15, 0.2) is 0 Å². The molecule has 1 aliphatic rings. The number of hydrogen-bond acceptors (Lipinski definition) is 6. The molecular weight excluding hydrogens is 530 g/mol. The highest BCUT2D eigenvalue weighted by atomic mass is 16.5. The van der Waals surface area contributed by atoms with Crippen LogP contribution in [0, 0.1) is 6.92 Å². The maximum atomic E-state index is 13.5. The molecule has 1 atom stereocenters. The second-order valence-electron chi connectivity index (χ2n) is 10.0. The second kappa shape index (κ2) is 12.6. The molecule has 0 radical (unpaired) electrons. The summed E-state index contributed by atoms with van der Waals surface area (Å²) in [5.74, 6) is 0.300. The maximum Gasteiger partial charge on any atom is 0.295 e. The van der Waals surface area contributed by atoms with Gasteiger partial charge in [0.1, 0.15) is 29.6 Å². The molecule has 7 heteroatoms. The number of carbonyl (C=O) groups excluding carboxylic acids is 2. The van der Waals surface area contributed by atoms with Gasteiger partial charge in [0.25, 0.3) is 11.7 Å². The second-order valence-corrected chi connectivity index (χ2v) is 10.0. The quantitative estimate of drug-likeness (QED) is 0.133. The number of rotatable bonds is 10. The van der Waals surface area contributed by atoms with E-state index in [2.05, 4.69) is 0 Å². The Morgan fingerprint density at radius 3 is 2.29 bits per heavy atom. The Morgan fingerprint density at radius 1 is 0.833 bits per heavy atom. The van der Waals surface area contributed by atoms with Crippen LogP contribution in [0.4, 0.5) is 0 Å². The van der Waals surface area contributed by atoms with Crippen molar-refractivity contribution in [1.29, 1.82) is 0 Å². The van der Waals surface area contributed by atoms with Gasteiger partial charge in [0, 0.05) is 12.1 Å². The third-order valence-electron chi connectivity index (χ3n) is 7.22. The van der Waals surface area contributed by atoms with Crippen molar-refractivity contribution in [3.63, 3.8) is 0 Å². The minimum atomic E-state index is -0.818. The van der Waals surface area contributed by atoms with Crippen LogP contribution in [0.3, 0.4) is 0 Å². The van der Waals surface area contributed by atoms with Crippen molar-refractivity contribution >= 4 is 17.4 Å². The van der Waals surface area contributed by atoms with Crippen LogP contribution in [-0.2, 0) is 22.7 Å². The zero-order valence-corrected chi connectivity index (χ0v) is 23.9. The first-order valence-corrected chi connectivity index (χ1v) is 13.8. The SMILES string of the molecule is CCOc1cccc(C2/C(=C(\O)c3ccc(OCc4ccccc4)c(C)c3)C(=O)C(=O)N2Cc2ccc(OC)cc2)c1. The number of nitrogens with zero attached hydrogens (tertiary/aromatic N) is 1. The third kappa shape index (κ3) is 6.00. The lowest BCUT2D eigenvalue weighted by Crippen LogP contribution is -2.29. The molecule has 0 bridgehead atoms. The summed E-state index contributed by atoms with van der Waals surface area (Å²) in [7, 11) is 1.59. The van der Waals surface area contributed by atoms with Crippen molar-refractivity contribution in [3.05, 3.63) is 130 Å². The number of benzene rings is 4. The average Bonchev–Trinajstić information content (AvgIpc) is 3.26. The van der Waals surface area contributed by atoms with Crippen molar-refractivity contribution in [1.82, 2.24) is 4.90 Å². The van der Waals surface area contributed by atoms with Gasteiger partial charge in [0.05, 0.1) is 25.3 Å². The highest BCUT2D eigenvalue weighted by Crippen LogP contribution is 2.41. The van der Waals surface area contributed by atoms with E-state index in [1.165, 1.54) is 4.90 Å². The van der Waals surface area contributed by atoms with Crippen molar-refractivity contribution in [2.24, 2.45) is 0 Å². The number of ether oxygens (including phenoxy) is 3. The average molecular weight is 564 g/mol. The van der Waals surface area contributed by atoms with E-state index in [0.29, 0.717) is 41.6 Å². The van der Waals surface area contributed by atoms with Crippen molar-refractivity contribution < 1.29 is 28.9 Å². The first kappa shape index (κ1) is 28.5. The molecule has 4 aromatic carbocycles. The van der Waals surface area contributed by atoms with Crippen LogP contribution in [0.1, 0.15) is 40.8 Å². The zero-order chi connectivity index (χ0) is 29.6. The predicted molar refractivity (Wildman–Crippen MR) is 160 cm³/mol. The molecule has 1 amide bonds. The summed E-state index contributed by atoms with van der Waals surface area (Å²) in [5.41, 5.74) is 3.76. The van der Waals surface area contributed by atoms with E-state index in [4.69, 9.17) is 14.2 Å². The van der Waals surface area contributed by atoms with Crippen LogP contribution in [0.2, 0.25) is 0 Å². The summed E-state index contributed by atoms with van der Waals surface area (Å²) in [5, 5.41) is 11.6. The monoisotopic (exact) mass is 563 g/mol. The smallest absolute Gasteiger partial charge is 0.295 e. The Balaban J connectivity index is 1.52. The molecule has 0 spiro atoms. The van der Waals surface area contributed by atoms with Crippen LogP contribution in [0.5, 0.6) is 17.2 Å². The van der Waals surface area contributed by atoms with E-state index in [1.807, 2.05) is 74.5 Å². The molecular formula is C35H33NO6. The molecule has 0 saturated carbocycles. The number of amides is 1. The Morgan fingerprint density at radius 2 is 1.60 bits per heavy atom. The standard InChI is InChI=1S/C35H33NO6/c1-4-41-29-12-8-11-26(20-29)32-31(34(38)35(39)36(32)21-24-13-16-28(40-3)17-14-24)33(37)27-15-18-30(23(2)19-27)42-22-25-9-6-5-7-10-25/h5-20,32,37H,4,21-22H2,1-3H3/b33-31+. The Hall–Kier alpha value is -5.04. The molecule has 1 N–H and O–H groups in total. The fraction of sp³-hybridized carbons (Fsp3) is 0.200. The number of aliphatic hydroxyl groups excluding tert-OH is 1. The number of carbonyl (C=O) groups is 2. The number of aliphatic hydroxyl groups is 1. The van der Waals surface area contributed by atoms with Gasteiger partial charge in [-0.25, -0.2) is 0 Å². The molecule has 1 fully saturated rings.